The van der Waals surface area contributed by atoms with Crippen LogP contribution in [-0.2, 0) is 0 Å². The number of carbonyl (C=O) groups is 1. The summed E-state index contributed by atoms with van der Waals surface area (Å²) in [5, 5.41) is 18.4. The van der Waals surface area contributed by atoms with E-state index in [1.54, 1.807) is 0 Å². The van der Waals surface area contributed by atoms with Gasteiger partial charge < -0.3 is 20.4 Å². The molecular formula is C5H10N2O3. The van der Waals surface area contributed by atoms with Gasteiger partial charge in [-0.15, -0.1) is 0 Å². The van der Waals surface area contributed by atoms with E-state index in [2.05, 4.69) is 5.32 Å². The molecule has 3 N–H and O–H groups in total. The average molecular weight is 146 g/mol. The van der Waals surface area contributed by atoms with Crippen LogP contribution < -0.4 is 5.32 Å². The first-order valence-electron chi connectivity index (χ1n) is 2.60. The molecule has 5 nitrogen and oxygen atoms in total. The van der Waals surface area contributed by atoms with Crippen molar-refractivity contribution in [3.8, 4) is 0 Å². The lowest BCUT2D eigenvalue weighted by Gasteiger charge is -2.07. The number of hydrogen-bond donors (Lipinski definition) is 3. The van der Waals surface area contributed by atoms with Crippen molar-refractivity contribution in [3.05, 3.63) is 12.1 Å². The van der Waals surface area contributed by atoms with Crippen LogP contribution in [0, 0.1) is 0 Å². The minimum Gasteiger partial charge on any atom is -0.480 e. The number of urea groups is 1. The van der Waals surface area contributed by atoms with Gasteiger partial charge >= 0.3 is 6.03 Å². The molecule has 10 heavy (non-hydrogen) atoms. The third-order valence-corrected chi connectivity index (χ3v) is 0.731. The van der Waals surface area contributed by atoms with Crippen LogP contribution in [0.5, 0.6) is 0 Å². The molecule has 0 bridgehead atoms. The molecule has 0 aromatic heterocycles. The van der Waals surface area contributed by atoms with Gasteiger partial charge in [-0.3, -0.25) is 0 Å². The van der Waals surface area contributed by atoms with Crippen molar-refractivity contribution in [2.24, 2.45) is 0 Å². The second-order valence-corrected chi connectivity index (χ2v) is 1.85. The second-order valence-electron chi connectivity index (χ2n) is 1.85. The average Bonchev–Trinajstić information content (AvgIpc) is 1.82. The molecule has 0 radical (unpaired) electrons. The zero-order valence-corrected chi connectivity index (χ0v) is 5.83. The van der Waals surface area contributed by atoms with Crippen LogP contribution in [0.2, 0.25) is 0 Å². The van der Waals surface area contributed by atoms with Gasteiger partial charge in [0.05, 0.1) is 6.20 Å². The molecular weight excluding hydrogens is 136 g/mol. The van der Waals surface area contributed by atoms with Crippen LogP contribution in [0.15, 0.2) is 12.1 Å². The maximum Gasteiger partial charge on any atom is 0.321 e. The fourth-order valence-electron chi connectivity index (χ4n) is 0.255. The van der Waals surface area contributed by atoms with E-state index in [0.717, 1.165) is 6.20 Å². The molecule has 0 fully saturated rings. The lowest BCUT2D eigenvalue weighted by atomic mass is 10.8. The molecule has 0 aliphatic rings. The Labute approximate surface area is 58.6 Å². The molecule has 0 unspecified atom stereocenters. The van der Waals surface area contributed by atoms with Crippen LogP contribution in [-0.4, -0.2) is 35.2 Å². The Kier molecular flexibility index (Phi) is 3.10. The maximum atomic E-state index is 10.6. The molecule has 0 rings (SSSR count). The zero-order valence-electron chi connectivity index (χ0n) is 5.83. The number of aliphatic hydroxyl groups excluding tert-OH is 1. The molecule has 0 saturated heterocycles. The van der Waals surface area contributed by atoms with Gasteiger partial charge in [0, 0.05) is 14.1 Å². The van der Waals surface area contributed by atoms with Crippen molar-refractivity contribution in [3.63, 3.8) is 0 Å². The molecule has 0 atom stereocenters. The van der Waals surface area contributed by atoms with Gasteiger partial charge in [0.15, 0.2) is 0 Å². The number of nitrogens with one attached hydrogen (secondary N) is 1. The molecule has 2 amide bonds. The van der Waals surface area contributed by atoms with Crippen molar-refractivity contribution in [2.75, 3.05) is 14.1 Å². The molecule has 0 aliphatic heterocycles. The highest BCUT2D eigenvalue weighted by Gasteiger charge is 1.98. The zero-order chi connectivity index (χ0) is 8.15. The molecule has 0 saturated carbocycles. The SMILES string of the molecule is CN(C)C(=O)NC=C(O)O. The van der Waals surface area contributed by atoms with Crippen molar-refractivity contribution in [1.82, 2.24) is 10.2 Å². The van der Waals surface area contributed by atoms with Crippen molar-refractivity contribution in [2.45, 2.75) is 0 Å². The quantitative estimate of drug-likeness (QED) is 0.462. The van der Waals surface area contributed by atoms with E-state index in [9.17, 15) is 4.79 Å². The van der Waals surface area contributed by atoms with Crippen molar-refractivity contribution in [1.29, 1.82) is 0 Å². The van der Waals surface area contributed by atoms with Crippen LogP contribution in [0.4, 0.5) is 4.79 Å². The van der Waals surface area contributed by atoms with Crippen molar-refractivity contribution >= 4 is 6.03 Å². The van der Waals surface area contributed by atoms with E-state index in [1.807, 2.05) is 0 Å². The number of rotatable bonds is 1. The maximum absolute atomic E-state index is 10.6. The monoisotopic (exact) mass is 146 g/mol. The molecule has 0 aliphatic carbocycles. The summed E-state index contributed by atoms with van der Waals surface area (Å²) >= 11 is 0. The van der Waals surface area contributed by atoms with E-state index in [-0.39, 0.29) is 0 Å². The first-order valence-corrected chi connectivity index (χ1v) is 2.60. The highest BCUT2D eigenvalue weighted by atomic mass is 16.5. The van der Waals surface area contributed by atoms with Gasteiger partial charge in [0.25, 0.3) is 5.95 Å². The predicted octanol–water partition coefficient (Wildman–Crippen LogP) is 0.172. The molecule has 0 aromatic rings. The number of nitrogens with zero attached hydrogens (tertiary/aromatic N) is 1. The first kappa shape index (κ1) is 8.61. The Morgan fingerprint density at radius 1 is 1.50 bits per heavy atom. The minimum atomic E-state index is -0.921. The summed E-state index contributed by atoms with van der Waals surface area (Å²) in [6.45, 7) is 0. The summed E-state index contributed by atoms with van der Waals surface area (Å²) in [5.41, 5.74) is 0. The number of hydrogen-bond acceptors (Lipinski definition) is 3. The van der Waals surface area contributed by atoms with Crippen LogP contribution in [0.3, 0.4) is 0 Å². The summed E-state index contributed by atoms with van der Waals surface area (Å²) in [7, 11) is 3.08. The van der Waals surface area contributed by atoms with E-state index in [0.29, 0.717) is 0 Å². The summed E-state index contributed by atoms with van der Waals surface area (Å²) in [6, 6.07) is -0.416. The van der Waals surface area contributed by atoms with Gasteiger partial charge in [-0.2, -0.15) is 0 Å². The van der Waals surface area contributed by atoms with Gasteiger partial charge in [-0.05, 0) is 0 Å². The largest absolute Gasteiger partial charge is 0.480 e. The smallest absolute Gasteiger partial charge is 0.321 e. The van der Waals surface area contributed by atoms with E-state index < -0.39 is 12.0 Å². The summed E-state index contributed by atoms with van der Waals surface area (Å²) in [6.07, 6.45) is 0.794. The predicted molar refractivity (Wildman–Crippen MR) is 35.6 cm³/mol. The Hall–Kier alpha value is -1.39. The second kappa shape index (κ2) is 3.60. The standard InChI is InChI=1S/C5H10N2O3/c1-7(2)5(10)6-3-4(8)9/h3,8-9H,1-2H3,(H,6,10). The topological polar surface area (TPSA) is 72.8 Å². The van der Waals surface area contributed by atoms with Gasteiger partial charge in [-0.1, -0.05) is 0 Å². The highest BCUT2D eigenvalue weighted by molar-refractivity contribution is 5.74. The Balaban J connectivity index is 3.71. The minimum absolute atomic E-state index is 0.416. The lowest BCUT2D eigenvalue weighted by molar-refractivity contribution is 0.185. The first-order chi connectivity index (χ1) is 4.54. The van der Waals surface area contributed by atoms with Crippen LogP contribution >= 0.6 is 0 Å². The molecule has 0 heterocycles. The number of amides is 2. The number of carbonyl (C=O) groups excluding carboxylic acids is 1. The number of aliphatic hydroxyl groups is 2. The van der Waals surface area contributed by atoms with Gasteiger partial charge in [0.1, 0.15) is 0 Å². The Morgan fingerprint density at radius 2 is 2.00 bits per heavy atom. The Morgan fingerprint density at radius 3 is 2.30 bits per heavy atom. The summed E-state index contributed by atoms with van der Waals surface area (Å²) in [5.74, 6) is -0.921. The molecule has 5 heteroatoms. The summed E-state index contributed by atoms with van der Waals surface area (Å²) < 4.78 is 0. The van der Waals surface area contributed by atoms with E-state index in [4.69, 9.17) is 10.2 Å². The summed E-state index contributed by atoms with van der Waals surface area (Å²) in [4.78, 5) is 11.9. The molecule has 0 aromatic carbocycles. The van der Waals surface area contributed by atoms with E-state index >= 15 is 0 Å². The normalized spacial score (nSPS) is 8.20. The highest BCUT2D eigenvalue weighted by Crippen LogP contribution is 1.78. The van der Waals surface area contributed by atoms with E-state index in [1.165, 1.54) is 19.0 Å². The fraction of sp³-hybridized carbons (Fsp3) is 0.400. The lowest BCUT2D eigenvalue weighted by Crippen LogP contribution is -2.31. The van der Waals surface area contributed by atoms with Gasteiger partial charge in [0.2, 0.25) is 0 Å². The third-order valence-electron chi connectivity index (χ3n) is 0.731. The van der Waals surface area contributed by atoms with Gasteiger partial charge in [-0.25, -0.2) is 4.79 Å². The van der Waals surface area contributed by atoms with Crippen molar-refractivity contribution < 1.29 is 15.0 Å². The van der Waals surface area contributed by atoms with Crippen LogP contribution in [0.1, 0.15) is 0 Å². The van der Waals surface area contributed by atoms with Crippen LogP contribution in [0.25, 0.3) is 0 Å². The Bertz CT molecular complexity index is 149. The fourth-order valence-corrected chi connectivity index (χ4v) is 0.255. The molecule has 58 valence electrons. The third kappa shape index (κ3) is 3.59. The molecule has 0 spiro atoms.